The van der Waals surface area contributed by atoms with Crippen LogP contribution in [0.2, 0.25) is 0 Å². The van der Waals surface area contributed by atoms with Gasteiger partial charge in [-0.3, -0.25) is 0 Å². The van der Waals surface area contributed by atoms with Gasteiger partial charge in [0, 0.05) is 12.1 Å². The molecule has 2 aromatic rings. The van der Waals surface area contributed by atoms with Crippen molar-refractivity contribution in [1.82, 2.24) is 15.1 Å². The van der Waals surface area contributed by atoms with Crippen molar-refractivity contribution in [2.75, 3.05) is 6.54 Å². The Morgan fingerprint density at radius 3 is 2.43 bits per heavy atom. The molecule has 2 rings (SSSR count). The molecule has 0 amide bonds. The largest absolute Gasteiger partial charge is 0.433 e. The van der Waals surface area contributed by atoms with Crippen LogP contribution in [0.25, 0.3) is 5.69 Å². The van der Waals surface area contributed by atoms with Crippen LogP contribution in [0.15, 0.2) is 30.5 Å². The lowest BCUT2D eigenvalue weighted by Gasteiger charge is -2.13. The summed E-state index contributed by atoms with van der Waals surface area (Å²) in [7, 11) is 0. The van der Waals surface area contributed by atoms with Crippen LogP contribution in [-0.4, -0.2) is 16.3 Å². The number of nitrogens with one attached hydrogen (secondary N) is 1. The molecular weight excluding hydrogens is 279 g/mol. The Labute approximate surface area is 121 Å². The maximum atomic E-state index is 13.3. The van der Waals surface area contributed by atoms with Gasteiger partial charge in [0.05, 0.1) is 11.9 Å². The van der Waals surface area contributed by atoms with E-state index in [0.29, 0.717) is 12.2 Å². The monoisotopic (exact) mass is 297 g/mol. The van der Waals surface area contributed by atoms with Gasteiger partial charge in [-0.2, -0.15) is 18.3 Å². The molecule has 0 saturated heterocycles. The third kappa shape index (κ3) is 3.64. The Balaban J connectivity index is 2.39. The summed E-state index contributed by atoms with van der Waals surface area (Å²) in [5.74, 6) is 0. The van der Waals surface area contributed by atoms with Crippen LogP contribution >= 0.6 is 0 Å². The van der Waals surface area contributed by atoms with Crippen LogP contribution < -0.4 is 5.32 Å². The van der Waals surface area contributed by atoms with Crippen LogP contribution in [0.5, 0.6) is 0 Å². The molecule has 1 heterocycles. The summed E-state index contributed by atoms with van der Waals surface area (Å²) >= 11 is 0. The molecule has 0 aliphatic carbocycles. The highest BCUT2D eigenvalue weighted by Gasteiger charge is 2.38. The van der Waals surface area contributed by atoms with Gasteiger partial charge < -0.3 is 5.32 Å². The molecule has 0 fully saturated rings. The minimum atomic E-state index is -4.44. The number of aromatic nitrogens is 2. The van der Waals surface area contributed by atoms with Crippen molar-refractivity contribution in [1.29, 1.82) is 0 Å². The molecule has 114 valence electrons. The quantitative estimate of drug-likeness (QED) is 0.853. The number of rotatable bonds is 5. The van der Waals surface area contributed by atoms with E-state index in [2.05, 4.69) is 10.4 Å². The summed E-state index contributed by atoms with van der Waals surface area (Å²) in [4.78, 5) is 0. The van der Waals surface area contributed by atoms with Gasteiger partial charge in [-0.25, -0.2) is 4.68 Å². The fourth-order valence-electron chi connectivity index (χ4n) is 2.10. The Bertz CT molecular complexity index is 585. The Morgan fingerprint density at radius 2 is 1.86 bits per heavy atom. The van der Waals surface area contributed by atoms with Crippen molar-refractivity contribution in [3.8, 4) is 5.69 Å². The molecule has 0 saturated carbocycles. The zero-order valence-corrected chi connectivity index (χ0v) is 12.0. The SMILES string of the molecule is CCCNCc1cnn(-c2ccc(C)cc2)c1C(F)(F)F. The molecule has 21 heavy (non-hydrogen) atoms. The number of alkyl halides is 3. The van der Waals surface area contributed by atoms with Crippen LogP contribution in [0.4, 0.5) is 13.2 Å². The summed E-state index contributed by atoms with van der Waals surface area (Å²) in [6.07, 6.45) is -2.29. The van der Waals surface area contributed by atoms with E-state index in [1.54, 1.807) is 24.3 Å². The van der Waals surface area contributed by atoms with Gasteiger partial charge in [0.25, 0.3) is 0 Å². The average Bonchev–Trinajstić information content (AvgIpc) is 2.84. The first-order valence-electron chi connectivity index (χ1n) is 6.85. The van der Waals surface area contributed by atoms with E-state index in [1.807, 2.05) is 13.8 Å². The molecule has 0 atom stereocenters. The number of aryl methyl sites for hydroxylation is 1. The maximum Gasteiger partial charge on any atom is 0.433 e. The van der Waals surface area contributed by atoms with Crippen LogP contribution in [0.1, 0.15) is 30.2 Å². The van der Waals surface area contributed by atoms with Gasteiger partial charge in [0.15, 0.2) is 5.69 Å². The fourth-order valence-corrected chi connectivity index (χ4v) is 2.10. The van der Waals surface area contributed by atoms with Crippen LogP contribution in [-0.2, 0) is 12.7 Å². The van der Waals surface area contributed by atoms with Crippen LogP contribution in [0.3, 0.4) is 0 Å². The topological polar surface area (TPSA) is 29.9 Å². The highest BCUT2D eigenvalue weighted by Crippen LogP contribution is 2.33. The van der Waals surface area contributed by atoms with Crippen molar-refractivity contribution in [3.63, 3.8) is 0 Å². The number of benzene rings is 1. The summed E-state index contributed by atoms with van der Waals surface area (Å²) in [5, 5.41) is 6.90. The molecule has 1 aromatic heterocycles. The summed E-state index contributed by atoms with van der Waals surface area (Å²) < 4.78 is 40.9. The normalized spacial score (nSPS) is 11.9. The molecular formula is C15H18F3N3. The zero-order valence-electron chi connectivity index (χ0n) is 12.0. The molecule has 6 heteroatoms. The van der Waals surface area contributed by atoms with E-state index in [9.17, 15) is 13.2 Å². The second kappa shape index (κ2) is 6.30. The van der Waals surface area contributed by atoms with Gasteiger partial charge in [-0.15, -0.1) is 0 Å². The molecule has 0 aliphatic heterocycles. The van der Waals surface area contributed by atoms with Gasteiger partial charge in [0.2, 0.25) is 0 Å². The second-order valence-electron chi connectivity index (χ2n) is 4.94. The number of halogens is 3. The first-order valence-corrected chi connectivity index (χ1v) is 6.85. The molecule has 0 aliphatic rings. The summed E-state index contributed by atoms with van der Waals surface area (Å²) in [6, 6.07) is 6.82. The molecule has 0 spiro atoms. The van der Waals surface area contributed by atoms with E-state index < -0.39 is 11.9 Å². The molecule has 1 N–H and O–H groups in total. The van der Waals surface area contributed by atoms with Gasteiger partial charge in [-0.1, -0.05) is 24.6 Å². The maximum absolute atomic E-state index is 13.3. The average molecular weight is 297 g/mol. The molecule has 0 bridgehead atoms. The van der Waals surface area contributed by atoms with Crippen LogP contribution in [0, 0.1) is 6.92 Å². The standard InChI is InChI=1S/C15H18F3N3/c1-3-8-19-9-12-10-20-21(14(12)15(16,17)18)13-6-4-11(2)5-7-13/h4-7,10,19H,3,8-9H2,1-2H3. The third-order valence-corrected chi connectivity index (χ3v) is 3.13. The lowest BCUT2D eigenvalue weighted by atomic mass is 10.2. The highest BCUT2D eigenvalue weighted by atomic mass is 19.4. The number of nitrogens with zero attached hydrogens (tertiary/aromatic N) is 2. The second-order valence-corrected chi connectivity index (χ2v) is 4.94. The lowest BCUT2D eigenvalue weighted by Crippen LogP contribution is -2.20. The summed E-state index contributed by atoms with van der Waals surface area (Å²) in [5.41, 5.74) is 0.852. The van der Waals surface area contributed by atoms with Gasteiger partial charge in [-0.05, 0) is 32.0 Å². The van der Waals surface area contributed by atoms with E-state index in [1.165, 1.54) is 6.20 Å². The van der Waals surface area contributed by atoms with E-state index in [-0.39, 0.29) is 12.1 Å². The van der Waals surface area contributed by atoms with E-state index in [0.717, 1.165) is 16.7 Å². The number of hydrogen-bond acceptors (Lipinski definition) is 2. The first-order chi connectivity index (χ1) is 9.93. The minimum absolute atomic E-state index is 0.161. The van der Waals surface area contributed by atoms with Gasteiger partial charge >= 0.3 is 6.18 Å². The Kier molecular flexibility index (Phi) is 4.67. The first kappa shape index (κ1) is 15.6. The van der Waals surface area contributed by atoms with Crippen molar-refractivity contribution >= 4 is 0 Å². The zero-order chi connectivity index (χ0) is 15.5. The molecule has 0 radical (unpaired) electrons. The van der Waals surface area contributed by atoms with E-state index >= 15 is 0 Å². The molecule has 3 nitrogen and oxygen atoms in total. The minimum Gasteiger partial charge on any atom is -0.313 e. The van der Waals surface area contributed by atoms with Gasteiger partial charge in [0.1, 0.15) is 0 Å². The Hall–Kier alpha value is -1.82. The predicted octanol–water partition coefficient (Wildman–Crippen LogP) is 3.70. The third-order valence-electron chi connectivity index (χ3n) is 3.13. The van der Waals surface area contributed by atoms with Crippen molar-refractivity contribution in [2.45, 2.75) is 33.0 Å². The molecule has 0 unspecified atom stereocenters. The van der Waals surface area contributed by atoms with E-state index in [4.69, 9.17) is 0 Å². The number of hydrogen-bond donors (Lipinski definition) is 1. The Morgan fingerprint density at radius 1 is 1.19 bits per heavy atom. The highest BCUT2D eigenvalue weighted by molar-refractivity contribution is 5.38. The fraction of sp³-hybridized carbons (Fsp3) is 0.400. The molecule has 1 aromatic carbocycles. The predicted molar refractivity (Wildman–Crippen MR) is 75.3 cm³/mol. The summed E-state index contributed by atoms with van der Waals surface area (Å²) in [6.45, 7) is 4.69. The van der Waals surface area contributed by atoms with Crippen molar-refractivity contribution in [3.05, 3.63) is 47.3 Å². The smallest absolute Gasteiger partial charge is 0.313 e. The lowest BCUT2D eigenvalue weighted by molar-refractivity contribution is -0.143. The van der Waals surface area contributed by atoms with Crippen molar-refractivity contribution in [2.24, 2.45) is 0 Å². The van der Waals surface area contributed by atoms with Crippen molar-refractivity contribution < 1.29 is 13.2 Å².